The Morgan fingerprint density at radius 2 is 2.08 bits per heavy atom. The van der Waals surface area contributed by atoms with Gasteiger partial charge in [-0.15, -0.1) is 24.0 Å². The summed E-state index contributed by atoms with van der Waals surface area (Å²) in [6.45, 7) is 7.64. The molecule has 146 valence electrons. The number of hydrogen-bond donors (Lipinski definition) is 2. The van der Waals surface area contributed by atoms with Gasteiger partial charge in [0.25, 0.3) is 0 Å². The Labute approximate surface area is 173 Å². The largest absolute Gasteiger partial charge is 0.383 e. The van der Waals surface area contributed by atoms with E-state index in [0.717, 1.165) is 31.0 Å². The molecule has 1 aromatic rings. The van der Waals surface area contributed by atoms with Crippen LogP contribution in [-0.2, 0) is 22.6 Å². The van der Waals surface area contributed by atoms with E-state index in [9.17, 15) is 4.79 Å². The Balaban J connectivity index is 0.00000338. The van der Waals surface area contributed by atoms with Crippen LogP contribution < -0.4 is 10.6 Å². The fourth-order valence-electron chi connectivity index (χ4n) is 2.95. The molecular weight excluding hydrogens is 443 g/mol. The monoisotopic (exact) mass is 474 g/mol. The number of carbonyl (C=O) groups is 1. The highest BCUT2D eigenvalue weighted by molar-refractivity contribution is 14.0. The molecule has 0 spiro atoms. The Bertz CT molecular complexity index is 595. The first kappa shape index (κ1) is 22.7. The Kier molecular flexibility index (Phi) is 10.6. The van der Waals surface area contributed by atoms with Gasteiger partial charge in [-0.25, -0.2) is 4.99 Å². The number of nitrogens with zero attached hydrogens (tertiary/aromatic N) is 2. The van der Waals surface area contributed by atoms with E-state index in [1.165, 1.54) is 5.56 Å². The maximum absolute atomic E-state index is 11.9. The van der Waals surface area contributed by atoms with Crippen molar-refractivity contribution in [2.24, 2.45) is 4.99 Å². The topological polar surface area (TPSA) is 66.0 Å². The summed E-state index contributed by atoms with van der Waals surface area (Å²) in [4.78, 5) is 18.5. The molecule has 2 N–H and O–H groups in total. The number of hydrogen-bond acceptors (Lipinski definition) is 3. The molecule has 1 aliphatic heterocycles. The van der Waals surface area contributed by atoms with Crippen molar-refractivity contribution < 1.29 is 9.53 Å². The van der Waals surface area contributed by atoms with E-state index in [4.69, 9.17) is 9.73 Å². The minimum absolute atomic E-state index is 0. The molecule has 2 rings (SSSR count). The summed E-state index contributed by atoms with van der Waals surface area (Å²) in [6.07, 6.45) is 1.64. The second kappa shape index (κ2) is 12.1. The van der Waals surface area contributed by atoms with Gasteiger partial charge in [0.05, 0.1) is 13.2 Å². The first-order valence-corrected chi connectivity index (χ1v) is 9.02. The zero-order chi connectivity index (χ0) is 18.1. The third-order valence-corrected chi connectivity index (χ3v) is 4.20. The molecule has 1 saturated heterocycles. The summed E-state index contributed by atoms with van der Waals surface area (Å²) >= 11 is 0. The standard InChI is InChI=1S/C19H30N4O2.HI/c1-4-20-19(22-15(2)14-25-3)21-12-16-8-5-6-9-17(16)13-23-11-7-10-18(23)24;/h5-6,8-9,15H,4,7,10-14H2,1-3H3,(H2,20,21,22);1H. The maximum atomic E-state index is 11.9. The van der Waals surface area contributed by atoms with Gasteiger partial charge in [0.15, 0.2) is 5.96 Å². The number of guanidine groups is 1. The Morgan fingerprint density at radius 1 is 1.35 bits per heavy atom. The molecule has 0 aliphatic carbocycles. The molecule has 1 heterocycles. The highest BCUT2D eigenvalue weighted by Crippen LogP contribution is 2.17. The van der Waals surface area contributed by atoms with Crippen molar-refractivity contribution in [2.45, 2.75) is 45.8 Å². The summed E-state index contributed by atoms with van der Waals surface area (Å²) in [5, 5.41) is 6.60. The van der Waals surface area contributed by atoms with Crippen molar-refractivity contribution in [1.82, 2.24) is 15.5 Å². The molecule has 1 amide bonds. The van der Waals surface area contributed by atoms with E-state index in [2.05, 4.69) is 29.7 Å². The SMILES string of the molecule is CCNC(=NCc1ccccc1CN1CCCC1=O)NC(C)COC.I. The number of amides is 1. The number of carbonyl (C=O) groups excluding carboxylic acids is 1. The van der Waals surface area contributed by atoms with Crippen molar-refractivity contribution in [3.05, 3.63) is 35.4 Å². The zero-order valence-electron chi connectivity index (χ0n) is 16.0. The van der Waals surface area contributed by atoms with Gasteiger partial charge in [-0.05, 0) is 31.4 Å². The van der Waals surface area contributed by atoms with Crippen molar-refractivity contribution in [3.63, 3.8) is 0 Å². The highest BCUT2D eigenvalue weighted by atomic mass is 127. The zero-order valence-corrected chi connectivity index (χ0v) is 18.3. The summed E-state index contributed by atoms with van der Waals surface area (Å²) in [6, 6.07) is 8.40. The van der Waals surface area contributed by atoms with Gasteiger partial charge in [0.1, 0.15) is 0 Å². The van der Waals surface area contributed by atoms with Crippen LogP contribution in [0.25, 0.3) is 0 Å². The molecule has 1 unspecified atom stereocenters. The number of nitrogens with one attached hydrogen (secondary N) is 2. The van der Waals surface area contributed by atoms with Crippen molar-refractivity contribution in [3.8, 4) is 0 Å². The number of rotatable bonds is 8. The number of ether oxygens (including phenoxy) is 1. The Morgan fingerprint density at radius 3 is 2.69 bits per heavy atom. The molecule has 1 fully saturated rings. The third-order valence-electron chi connectivity index (χ3n) is 4.20. The predicted molar refractivity (Wildman–Crippen MR) is 116 cm³/mol. The van der Waals surface area contributed by atoms with E-state index in [1.807, 2.05) is 24.0 Å². The van der Waals surface area contributed by atoms with E-state index in [-0.39, 0.29) is 35.9 Å². The van der Waals surface area contributed by atoms with Gasteiger partial charge in [-0.2, -0.15) is 0 Å². The average Bonchev–Trinajstić information content (AvgIpc) is 2.99. The van der Waals surface area contributed by atoms with Crippen LogP contribution >= 0.6 is 24.0 Å². The summed E-state index contributed by atoms with van der Waals surface area (Å²) in [5.74, 6) is 1.03. The van der Waals surface area contributed by atoms with E-state index >= 15 is 0 Å². The van der Waals surface area contributed by atoms with Gasteiger partial charge in [-0.1, -0.05) is 24.3 Å². The van der Waals surface area contributed by atoms with Crippen molar-refractivity contribution >= 4 is 35.8 Å². The fraction of sp³-hybridized carbons (Fsp3) is 0.579. The normalized spacial score (nSPS) is 15.6. The summed E-state index contributed by atoms with van der Waals surface area (Å²) in [7, 11) is 1.69. The molecule has 0 radical (unpaired) electrons. The average molecular weight is 474 g/mol. The van der Waals surface area contributed by atoms with Gasteiger partial charge < -0.3 is 20.3 Å². The first-order chi connectivity index (χ1) is 12.1. The smallest absolute Gasteiger partial charge is 0.222 e. The van der Waals surface area contributed by atoms with Crippen LogP contribution in [0.1, 0.15) is 37.8 Å². The number of methoxy groups -OCH3 is 1. The van der Waals surface area contributed by atoms with Crippen LogP contribution in [0.5, 0.6) is 0 Å². The molecular formula is C19H31IN4O2. The second-order valence-electron chi connectivity index (χ2n) is 6.38. The van der Waals surface area contributed by atoms with Crippen molar-refractivity contribution in [1.29, 1.82) is 0 Å². The lowest BCUT2D eigenvalue weighted by Crippen LogP contribution is -2.43. The molecule has 0 bridgehead atoms. The van der Waals surface area contributed by atoms with Gasteiger partial charge in [0, 0.05) is 39.2 Å². The molecule has 7 heteroatoms. The Hall–Kier alpha value is -1.35. The number of halogens is 1. The van der Waals surface area contributed by atoms with Crippen LogP contribution in [0.4, 0.5) is 0 Å². The third kappa shape index (κ3) is 7.11. The van der Waals surface area contributed by atoms with Crippen LogP contribution in [0.15, 0.2) is 29.3 Å². The minimum Gasteiger partial charge on any atom is -0.383 e. The van der Waals surface area contributed by atoms with Crippen molar-refractivity contribution in [2.75, 3.05) is 26.8 Å². The fourth-order valence-corrected chi connectivity index (χ4v) is 2.95. The van der Waals surface area contributed by atoms with E-state index < -0.39 is 0 Å². The lowest BCUT2D eigenvalue weighted by molar-refractivity contribution is -0.128. The minimum atomic E-state index is 0. The van der Waals surface area contributed by atoms with Gasteiger partial charge in [-0.3, -0.25) is 4.79 Å². The summed E-state index contributed by atoms with van der Waals surface area (Å²) < 4.78 is 5.17. The summed E-state index contributed by atoms with van der Waals surface area (Å²) in [5.41, 5.74) is 2.32. The first-order valence-electron chi connectivity index (χ1n) is 9.02. The molecule has 26 heavy (non-hydrogen) atoms. The molecule has 1 atom stereocenters. The predicted octanol–water partition coefficient (Wildman–Crippen LogP) is 2.52. The quantitative estimate of drug-likeness (QED) is 0.345. The second-order valence-corrected chi connectivity index (χ2v) is 6.38. The van der Waals surface area contributed by atoms with Gasteiger partial charge in [0.2, 0.25) is 5.91 Å². The van der Waals surface area contributed by atoms with Crippen LogP contribution in [-0.4, -0.2) is 49.6 Å². The van der Waals surface area contributed by atoms with Crippen LogP contribution in [0.2, 0.25) is 0 Å². The maximum Gasteiger partial charge on any atom is 0.222 e. The lowest BCUT2D eigenvalue weighted by Gasteiger charge is -2.19. The van der Waals surface area contributed by atoms with E-state index in [0.29, 0.717) is 26.1 Å². The molecule has 0 saturated carbocycles. The lowest BCUT2D eigenvalue weighted by atomic mass is 10.1. The van der Waals surface area contributed by atoms with Crippen LogP contribution in [0.3, 0.4) is 0 Å². The number of likely N-dealkylation sites (tertiary alicyclic amines) is 1. The van der Waals surface area contributed by atoms with E-state index in [1.54, 1.807) is 7.11 Å². The molecule has 1 aromatic carbocycles. The molecule has 0 aromatic heterocycles. The number of benzene rings is 1. The molecule has 1 aliphatic rings. The highest BCUT2D eigenvalue weighted by Gasteiger charge is 2.20. The van der Waals surface area contributed by atoms with Gasteiger partial charge >= 0.3 is 0 Å². The van der Waals surface area contributed by atoms with Crippen LogP contribution in [0, 0.1) is 0 Å². The number of aliphatic imine (C=N–C) groups is 1. The molecule has 6 nitrogen and oxygen atoms in total.